The SMILES string of the molecule is CC1(NC(=O)COc2ccc(CN)cc2)CCOCC1. The molecule has 2 rings (SSSR count). The monoisotopic (exact) mass is 278 g/mol. The fourth-order valence-corrected chi connectivity index (χ4v) is 2.19. The second-order valence-electron chi connectivity index (χ2n) is 5.36. The summed E-state index contributed by atoms with van der Waals surface area (Å²) in [6, 6.07) is 7.44. The molecule has 1 fully saturated rings. The average Bonchev–Trinajstić information content (AvgIpc) is 2.46. The lowest BCUT2D eigenvalue weighted by Crippen LogP contribution is -2.50. The Balaban J connectivity index is 1.79. The van der Waals surface area contributed by atoms with Crippen LogP contribution in [0.15, 0.2) is 24.3 Å². The predicted octanol–water partition coefficient (Wildman–Crippen LogP) is 1.21. The first kappa shape index (κ1) is 14.8. The van der Waals surface area contributed by atoms with Crippen molar-refractivity contribution in [1.82, 2.24) is 5.32 Å². The van der Waals surface area contributed by atoms with Gasteiger partial charge in [0.15, 0.2) is 6.61 Å². The second-order valence-corrected chi connectivity index (χ2v) is 5.36. The molecule has 5 heteroatoms. The van der Waals surface area contributed by atoms with E-state index in [0.717, 1.165) is 18.4 Å². The molecule has 0 atom stereocenters. The molecule has 1 aromatic rings. The van der Waals surface area contributed by atoms with Crippen LogP contribution in [0.3, 0.4) is 0 Å². The molecule has 0 radical (unpaired) electrons. The van der Waals surface area contributed by atoms with Gasteiger partial charge < -0.3 is 20.5 Å². The van der Waals surface area contributed by atoms with Gasteiger partial charge in [-0.15, -0.1) is 0 Å². The number of hydrogen-bond donors (Lipinski definition) is 2. The van der Waals surface area contributed by atoms with E-state index in [0.29, 0.717) is 25.5 Å². The van der Waals surface area contributed by atoms with Gasteiger partial charge in [0.05, 0.1) is 0 Å². The minimum absolute atomic E-state index is 0.0262. The molecule has 0 bridgehead atoms. The number of hydrogen-bond acceptors (Lipinski definition) is 4. The van der Waals surface area contributed by atoms with Crippen LogP contribution in [0.2, 0.25) is 0 Å². The number of nitrogens with one attached hydrogen (secondary N) is 1. The van der Waals surface area contributed by atoms with Crippen LogP contribution in [0.4, 0.5) is 0 Å². The van der Waals surface area contributed by atoms with Crippen LogP contribution in [-0.4, -0.2) is 31.3 Å². The van der Waals surface area contributed by atoms with E-state index in [9.17, 15) is 4.79 Å². The standard InChI is InChI=1S/C15H22N2O3/c1-15(6-8-19-9-7-15)17-14(18)11-20-13-4-2-12(10-16)3-5-13/h2-5H,6-11,16H2,1H3,(H,17,18). The topological polar surface area (TPSA) is 73.6 Å². The molecule has 0 aromatic heterocycles. The molecule has 0 saturated carbocycles. The molecule has 3 N–H and O–H groups in total. The van der Waals surface area contributed by atoms with Crippen molar-refractivity contribution in [1.29, 1.82) is 0 Å². The lowest BCUT2D eigenvalue weighted by Gasteiger charge is -2.34. The maximum absolute atomic E-state index is 11.9. The maximum Gasteiger partial charge on any atom is 0.258 e. The molecular weight excluding hydrogens is 256 g/mol. The Hall–Kier alpha value is -1.59. The van der Waals surface area contributed by atoms with Gasteiger partial charge in [0.1, 0.15) is 5.75 Å². The summed E-state index contributed by atoms with van der Waals surface area (Å²) in [6.07, 6.45) is 1.67. The molecule has 0 unspecified atom stereocenters. The van der Waals surface area contributed by atoms with E-state index in [1.807, 2.05) is 31.2 Å². The van der Waals surface area contributed by atoms with Crippen molar-refractivity contribution in [3.05, 3.63) is 29.8 Å². The van der Waals surface area contributed by atoms with E-state index in [4.69, 9.17) is 15.2 Å². The molecule has 1 aliphatic rings. The summed E-state index contributed by atoms with van der Waals surface area (Å²) in [4.78, 5) is 11.9. The fraction of sp³-hybridized carbons (Fsp3) is 0.533. The zero-order valence-electron chi connectivity index (χ0n) is 11.9. The van der Waals surface area contributed by atoms with Crippen LogP contribution in [0, 0.1) is 0 Å². The van der Waals surface area contributed by atoms with Crippen LogP contribution < -0.4 is 15.8 Å². The molecule has 1 amide bonds. The first-order valence-electron chi connectivity index (χ1n) is 6.92. The summed E-state index contributed by atoms with van der Waals surface area (Å²) in [5.74, 6) is 0.576. The van der Waals surface area contributed by atoms with Crippen molar-refractivity contribution in [2.24, 2.45) is 5.73 Å². The highest BCUT2D eigenvalue weighted by Crippen LogP contribution is 2.19. The van der Waals surface area contributed by atoms with Gasteiger partial charge >= 0.3 is 0 Å². The van der Waals surface area contributed by atoms with Crippen molar-refractivity contribution in [3.8, 4) is 5.75 Å². The van der Waals surface area contributed by atoms with Gasteiger partial charge in [-0.2, -0.15) is 0 Å². The predicted molar refractivity (Wildman–Crippen MR) is 76.4 cm³/mol. The Morgan fingerprint density at radius 2 is 2.00 bits per heavy atom. The van der Waals surface area contributed by atoms with Crippen molar-refractivity contribution < 1.29 is 14.3 Å². The van der Waals surface area contributed by atoms with E-state index >= 15 is 0 Å². The lowest BCUT2D eigenvalue weighted by molar-refractivity contribution is -0.126. The number of benzene rings is 1. The van der Waals surface area contributed by atoms with E-state index in [2.05, 4.69) is 5.32 Å². The zero-order chi connectivity index (χ0) is 14.4. The smallest absolute Gasteiger partial charge is 0.258 e. The fourth-order valence-electron chi connectivity index (χ4n) is 2.19. The molecule has 5 nitrogen and oxygen atoms in total. The van der Waals surface area contributed by atoms with Gasteiger partial charge in [-0.05, 0) is 37.5 Å². The van der Waals surface area contributed by atoms with Crippen LogP contribution in [-0.2, 0) is 16.1 Å². The minimum Gasteiger partial charge on any atom is -0.484 e. The summed E-state index contributed by atoms with van der Waals surface area (Å²) >= 11 is 0. The first-order chi connectivity index (χ1) is 9.61. The van der Waals surface area contributed by atoms with Crippen molar-refractivity contribution in [2.45, 2.75) is 31.8 Å². The quantitative estimate of drug-likeness (QED) is 0.849. The van der Waals surface area contributed by atoms with Crippen LogP contribution in [0.1, 0.15) is 25.3 Å². The summed E-state index contributed by atoms with van der Waals surface area (Å²) in [6.45, 7) is 3.96. The van der Waals surface area contributed by atoms with Gasteiger partial charge in [0.25, 0.3) is 5.91 Å². The Kier molecular flexibility index (Phi) is 4.98. The normalized spacial score (nSPS) is 17.5. The number of carbonyl (C=O) groups excluding carboxylic acids is 1. The Labute approximate surface area is 119 Å². The lowest BCUT2D eigenvalue weighted by atomic mass is 9.92. The van der Waals surface area contributed by atoms with Gasteiger partial charge in [-0.25, -0.2) is 0 Å². The van der Waals surface area contributed by atoms with Crippen molar-refractivity contribution in [2.75, 3.05) is 19.8 Å². The van der Waals surface area contributed by atoms with E-state index < -0.39 is 0 Å². The largest absolute Gasteiger partial charge is 0.484 e. The van der Waals surface area contributed by atoms with Crippen LogP contribution >= 0.6 is 0 Å². The molecular formula is C15H22N2O3. The minimum atomic E-state index is -0.178. The first-order valence-corrected chi connectivity index (χ1v) is 6.92. The molecule has 0 spiro atoms. The Morgan fingerprint density at radius 3 is 2.60 bits per heavy atom. The maximum atomic E-state index is 11.9. The van der Waals surface area contributed by atoms with Crippen molar-refractivity contribution >= 4 is 5.91 Å². The molecule has 1 saturated heterocycles. The van der Waals surface area contributed by atoms with Gasteiger partial charge in [-0.3, -0.25) is 4.79 Å². The third kappa shape index (κ3) is 4.21. The summed E-state index contributed by atoms with van der Waals surface area (Å²) in [7, 11) is 0. The van der Waals surface area contributed by atoms with Crippen molar-refractivity contribution in [3.63, 3.8) is 0 Å². The summed E-state index contributed by atoms with van der Waals surface area (Å²) in [5, 5.41) is 3.02. The van der Waals surface area contributed by atoms with E-state index in [-0.39, 0.29) is 18.1 Å². The van der Waals surface area contributed by atoms with Crippen LogP contribution in [0.5, 0.6) is 5.75 Å². The van der Waals surface area contributed by atoms with E-state index in [1.54, 1.807) is 0 Å². The molecule has 1 aliphatic heterocycles. The zero-order valence-corrected chi connectivity index (χ0v) is 11.9. The second kappa shape index (κ2) is 6.72. The number of nitrogens with two attached hydrogens (primary N) is 1. The van der Waals surface area contributed by atoms with Crippen LogP contribution in [0.25, 0.3) is 0 Å². The Morgan fingerprint density at radius 1 is 1.35 bits per heavy atom. The van der Waals surface area contributed by atoms with Gasteiger partial charge in [-0.1, -0.05) is 12.1 Å². The molecule has 1 heterocycles. The molecule has 1 aromatic carbocycles. The summed E-state index contributed by atoms with van der Waals surface area (Å²) in [5.41, 5.74) is 6.39. The van der Waals surface area contributed by atoms with E-state index in [1.165, 1.54) is 0 Å². The third-order valence-corrected chi connectivity index (χ3v) is 3.57. The molecule has 20 heavy (non-hydrogen) atoms. The summed E-state index contributed by atoms with van der Waals surface area (Å²) < 4.78 is 10.8. The number of ether oxygens (including phenoxy) is 2. The third-order valence-electron chi connectivity index (χ3n) is 3.57. The average molecular weight is 278 g/mol. The van der Waals surface area contributed by atoms with Gasteiger partial charge in [0, 0.05) is 25.3 Å². The molecule has 110 valence electrons. The Bertz CT molecular complexity index is 439. The highest BCUT2D eigenvalue weighted by Gasteiger charge is 2.28. The molecule has 0 aliphatic carbocycles. The highest BCUT2D eigenvalue weighted by molar-refractivity contribution is 5.78. The number of amides is 1. The highest BCUT2D eigenvalue weighted by atomic mass is 16.5. The number of rotatable bonds is 5. The van der Waals surface area contributed by atoms with Gasteiger partial charge in [0.2, 0.25) is 0 Å². The number of carbonyl (C=O) groups is 1.